The minimum atomic E-state index is -4.03. The van der Waals surface area contributed by atoms with Crippen LogP contribution >= 0.6 is 0 Å². The van der Waals surface area contributed by atoms with Gasteiger partial charge in [0.05, 0.1) is 0 Å². The first-order valence-electron chi connectivity index (χ1n) is 4.84. The summed E-state index contributed by atoms with van der Waals surface area (Å²) in [7, 11) is 0. The highest BCUT2D eigenvalue weighted by Gasteiger charge is 2.25. The van der Waals surface area contributed by atoms with E-state index in [1.165, 1.54) is 0 Å². The Bertz CT molecular complexity index is 139. The van der Waals surface area contributed by atoms with Crippen molar-refractivity contribution in [1.82, 2.24) is 5.32 Å². The molecular formula is C9H18F3NO. The fourth-order valence-electron chi connectivity index (χ4n) is 0.988. The number of unbranched alkanes of at least 4 members (excludes halogenated alkanes) is 1. The molecule has 14 heavy (non-hydrogen) atoms. The second-order valence-corrected chi connectivity index (χ2v) is 3.56. The van der Waals surface area contributed by atoms with E-state index in [-0.39, 0.29) is 18.9 Å². The van der Waals surface area contributed by atoms with Crippen molar-refractivity contribution in [3.63, 3.8) is 0 Å². The van der Waals surface area contributed by atoms with E-state index in [2.05, 4.69) is 5.32 Å². The van der Waals surface area contributed by atoms with Crippen LogP contribution in [0.5, 0.6) is 0 Å². The maximum atomic E-state index is 11.7. The molecule has 0 aromatic rings. The smallest absolute Gasteiger partial charge is 0.389 e. The minimum Gasteiger partial charge on any atom is -0.396 e. The van der Waals surface area contributed by atoms with E-state index in [9.17, 15) is 13.2 Å². The Morgan fingerprint density at radius 2 is 1.93 bits per heavy atom. The highest BCUT2D eigenvalue weighted by atomic mass is 19.4. The topological polar surface area (TPSA) is 32.3 Å². The van der Waals surface area contributed by atoms with Crippen LogP contribution in [0.15, 0.2) is 0 Å². The summed E-state index contributed by atoms with van der Waals surface area (Å²) in [5, 5.41) is 11.7. The van der Waals surface area contributed by atoms with Gasteiger partial charge in [0, 0.05) is 13.0 Å². The van der Waals surface area contributed by atoms with Gasteiger partial charge in [0.15, 0.2) is 0 Å². The Labute approximate surface area is 82.5 Å². The van der Waals surface area contributed by atoms with Crippen molar-refractivity contribution < 1.29 is 18.3 Å². The quantitative estimate of drug-likeness (QED) is 0.633. The Balaban J connectivity index is 3.14. The van der Waals surface area contributed by atoms with Gasteiger partial charge in [0.1, 0.15) is 0 Å². The van der Waals surface area contributed by atoms with E-state index in [4.69, 9.17) is 5.11 Å². The third-order valence-electron chi connectivity index (χ3n) is 1.87. The number of aliphatic hydroxyl groups is 1. The third-order valence-corrected chi connectivity index (χ3v) is 1.87. The van der Waals surface area contributed by atoms with Crippen LogP contribution in [0.2, 0.25) is 0 Å². The molecule has 0 rings (SSSR count). The number of hydrogen-bond acceptors (Lipinski definition) is 2. The van der Waals surface area contributed by atoms with Crippen LogP contribution in [0.3, 0.4) is 0 Å². The lowest BCUT2D eigenvalue weighted by molar-refractivity contribution is -0.135. The molecule has 0 radical (unpaired) electrons. The van der Waals surface area contributed by atoms with Crippen LogP contribution in [-0.4, -0.2) is 31.0 Å². The molecule has 1 unspecified atom stereocenters. The normalized spacial score (nSPS) is 14.4. The van der Waals surface area contributed by atoms with Crippen molar-refractivity contribution >= 4 is 0 Å². The molecule has 2 nitrogen and oxygen atoms in total. The van der Waals surface area contributed by atoms with Crippen molar-refractivity contribution in [2.24, 2.45) is 5.92 Å². The molecule has 0 fully saturated rings. The summed E-state index contributed by atoms with van der Waals surface area (Å²) in [6.45, 7) is 3.22. The predicted molar refractivity (Wildman–Crippen MR) is 49.0 cm³/mol. The van der Waals surface area contributed by atoms with Crippen LogP contribution < -0.4 is 5.32 Å². The van der Waals surface area contributed by atoms with Gasteiger partial charge in [-0.15, -0.1) is 0 Å². The van der Waals surface area contributed by atoms with E-state index in [1.54, 1.807) is 0 Å². The molecule has 1 atom stereocenters. The van der Waals surface area contributed by atoms with Crippen molar-refractivity contribution in [3.8, 4) is 0 Å². The van der Waals surface area contributed by atoms with Crippen LogP contribution in [0, 0.1) is 5.92 Å². The van der Waals surface area contributed by atoms with Gasteiger partial charge in [0.25, 0.3) is 0 Å². The lowest BCUT2D eigenvalue weighted by Gasteiger charge is -2.09. The SMILES string of the molecule is CC(CO)CNCCCCC(F)(F)F. The number of nitrogens with one attached hydrogen (secondary N) is 1. The summed E-state index contributed by atoms with van der Waals surface area (Å²) < 4.78 is 35.1. The number of alkyl halides is 3. The number of hydrogen-bond donors (Lipinski definition) is 2. The third kappa shape index (κ3) is 9.80. The molecule has 0 saturated carbocycles. The van der Waals surface area contributed by atoms with E-state index >= 15 is 0 Å². The van der Waals surface area contributed by atoms with Gasteiger partial charge >= 0.3 is 6.18 Å². The van der Waals surface area contributed by atoms with Crippen LogP contribution in [0.1, 0.15) is 26.2 Å². The fourth-order valence-corrected chi connectivity index (χ4v) is 0.988. The largest absolute Gasteiger partial charge is 0.396 e. The molecule has 0 aliphatic heterocycles. The number of rotatable bonds is 7. The van der Waals surface area contributed by atoms with E-state index in [1.807, 2.05) is 6.92 Å². The molecule has 2 N–H and O–H groups in total. The number of aliphatic hydroxyl groups excluding tert-OH is 1. The molecule has 0 heterocycles. The summed E-state index contributed by atoms with van der Waals surface area (Å²) in [5.74, 6) is 0.164. The Morgan fingerprint density at radius 3 is 2.43 bits per heavy atom. The molecule has 86 valence electrons. The minimum absolute atomic E-state index is 0.107. The van der Waals surface area contributed by atoms with Gasteiger partial charge in [0.2, 0.25) is 0 Å². The Kier molecular flexibility index (Phi) is 6.92. The molecular weight excluding hydrogens is 195 g/mol. The van der Waals surface area contributed by atoms with Gasteiger partial charge in [-0.2, -0.15) is 13.2 Å². The Morgan fingerprint density at radius 1 is 1.29 bits per heavy atom. The highest BCUT2D eigenvalue weighted by molar-refractivity contribution is 4.56. The summed E-state index contributed by atoms with van der Waals surface area (Å²) in [6.07, 6.45) is -4.04. The molecule has 0 aromatic heterocycles. The highest BCUT2D eigenvalue weighted by Crippen LogP contribution is 2.21. The zero-order chi connectivity index (χ0) is 11.0. The van der Waals surface area contributed by atoms with Gasteiger partial charge in [-0.05, 0) is 31.8 Å². The monoisotopic (exact) mass is 213 g/mol. The molecule has 0 bridgehead atoms. The van der Waals surface area contributed by atoms with Gasteiger partial charge in [-0.3, -0.25) is 0 Å². The zero-order valence-corrected chi connectivity index (χ0v) is 8.40. The van der Waals surface area contributed by atoms with Crippen molar-refractivity contribution in [1.29, 1.82) is 0 Å². The second-order valence-electron chi connectivity index (χ2n) is 3.56. The lowest BCUT2D eigenvalue weighted by atomic mass is 10.2. The average molecular weight is 213 g/mol. The van der Waals surface area contributed by atoms with Crippen molar-refractivity contribution in [2.75, 3.05) is 19.7 Å². The Hall–Kier alpha value is -0.290. The molecule has 5 heteroatoms. The van der Waals surface area contributed by atoms with E-state index in [0.29, 0.717) is 19.5 Å². The maximum Gasteiger partial charge on any atom is 0.389 e. The zero-order valence-electron chi connectivity index (χ0n) is 8.40. The standard InChI is InChI=1S/C9H18F3NO/c1-8(7-14)6-13-5-3-2-4-9(10,11)12/h8,13-14H,2-7H2,1H3. The van der Waals surface area contributed by atoms with E-state index in [0.717, 1.165) is 0 Å². The van der Waals surface area contributed by atoms with E-state index < -0.39 is 12.6 Å². The first kappa shape index (κ1) is 13.7. The number of halogens is 3. The summed E-state index contributed by atoms with van der Waals surface area (Å²) >= 11 is 0. The van der Waals surface area contributed by atoms with Gasteiger partial charge in [-0.25, -0.2) is 0 Å². The molecule has 0 aromatic carbocycles. The molecule has 0 aliphatic carbocycles. The molecule has 0 saturated heterocycles. The first-order valence-corrected chi connectivity index (χ1v) is 4.84. The van der Waals surface area contributed by atoms with Gasteiger partial charge in [-0.1, -0.05) is 6.92 Å². The van der Waals surface area contributed by atoms with Crippen LogP contribution in [-0.2, 0) is 0 Å². The summed E-state index contributed by atoms with van der Waals surface area (Å²) in [5.41, 5.74) is 0. The van der Waals surface area contributed by atoms with Crippen LogP contribution in [0.25, 0.3) is 0 Å². The van der Waals surface area contributed by atoms with Gasteiger partial charge < -0.3 is 10.4 Å². The summed E-state index contributed by atoms with van der Waals surface area (Å²) in [6, 6.07) is 0. The fraction of sp³-hybridized carbons (Fsp3) is 1.00. The lowest BCUT2D eigenvalue weighted by Crippen LogP contribution is -2.24. The van der Waals surface area contributed by atoms with Crippen LogP contribution in [0.4, 0.5) is 13.2 Å². The molecule has 0 spiro atoms. The molecule has 0 amide bonds. The van der Waals surface area contributed by atoms with Crippen molar-refractivity contribution in [2.45, 2.75) is 32.4 Å². The summed E-state index contributed by atoms with van der Waals surface area (Å²) in [4.78, 5) is 0. The maximum absolute atomic E-state index is 11.7. The molecule has 0 aliphatic rings. The van der Waals surface area contributed by atoms with Crippen molar-refractivity contribution in [3.05, 3.63) is 0 Å². The average Bonchev–Trinajstić information content (AvgIpc) is 2.08. The first-order chi connectivity index (χ1) is 6.45. The second kappa shape index (κ2) is 7.06. The predicted octanol–water partition coefficient (Wildman–Crippen LogP) is 1.94.